The van der Waals surface area contributed by atoms with E-state index in [2.05, 4.69) is 36.5 Å². The number of rotatable bonds is 5. The normalized spacial score (nSPS) is 15.8. The maximum absolute atomic E-state index is 11.8. The van der Waals surface area contributed by atoms with Crippen LogP contribution in [0.3, 0.4) is 0 Å². The van der Waals surface area contributed by atoms with E-state index in [0.29, 0.717) is 5.92 Å². The molecular formula is C16H23NO. The van der Waals surface area contributed by atoms with Crippen molar-refractivity contribution < 1.29 is 4.79 Å². The van der Waals surface area contributed by atoms with E-state index in [0.717, 1.165) is 32.2 Å². The first-order chi connectivity index (χ1) is 8.75. The fraction of sp³-hybridized carbons (Fsp3) is 0.562. The van der Waals surface area contributed by atoms with Crippen LogP contribution in [0.5, 0.6) is 0 Å². The molecule has 0 unspecified atom stereocenters. The maximum atomic E-state index is 11.8. The first-order valence-electron chi connectivity index (χ1n) is 7.09. The molecule has 1 amide bonds. The zero-order chi connectivity index (χ0) is 12.8. The topological polar surface area (TPSA) is 29.1 Å². The third-order valence-electron chi connectivity index (χ3n) is 3.75. The third-order valence-corrected chi connectivity index (χ3v) is 3.75. The van der Waals surface area contributed by atoms with Crippen LogP contribution in [0, 0.1) is 12.8 Å². The Labute approximate surface area is 110 Å². The van der Waals surface area contributed by atoms with Crippen LogP contribution < -0.4 is 5.32 Å². The summed E-state index contributed by atoms with van der Waals surface area (Å²) < 4.78 is 0. The quantitative estimate of drug-likeness (QED) is 0.793. The summed E-state index contributed by atoms with van der Waals surface area (Å²) in [6.07, 6.45) is 6.70. The maximum Gasteiger partial charge on any atom is 0.223 e. The molecule has 2 nitrogen and oxygen atoms in total. The zero-order valence-corrected chi connectivity index (χ0v) is 11.2. The van der Waals surface area contributed by atoms with E-state index >= 15 is 0 Å². The van der Waals surface area contributed by atoms with Crippen LogP contribution in [0.2, 0.25) is 0 Å². The molecule has 1 N–H and O–H groups in total. The van der Waals surface area contributed by atoms with E-state index in [1.165, 1.54) is 24.0 Å². The Morgan fingerprint density at radius 3 is 2.83 bits per heavy atom. The fourth-order valence-corrected chi connectivity index (χ4v) is 2.70. The molecule has 1 aromatic carbocycles. The molecule has 0 heterocycles. The Morgan fingerprint density at radius 1 is 1.33 bits per heavy atom. The predicted octanol–water partition coefficient (Wildman–Crippen LogP) is 3.23. The second-order valence-electron chi connectivity index (χ2n) is 5.37. The molecular weight excluding hydrogens is 222 g/mol. The lowest BCUT2D eigenvalue weighted by Crippen LogP contribution is -2.30. The summed E-state index contributed by atoms with van der Waals surface area (Å²) in [4.78, 5) is 11.8. The summed E-state index contributed by atoms with van der Waals surface area (Å²) in [7, 11) is 0. The molecule has 18 heavy (non-hydrogen) atoms. The van der Waals surface area contributed by atoms with Gasteiger partial charge in [0.15, 0.2) is 0 Å². The summed E-state index contributed by atoms with van der Waals surface area (Å²) in [5.74, 6) is 0.570. The van der Waals surface area contributed by atoms with Gasteiger partial charge in [-0.1, -0.05) is 42.7 Å². The Hall–Kier alpha value is -1.31. The van der Waals surface area contributed by atoms with E-state index in [1.54, 1.807) is 0 Å². The van der Waals surface area contributed by atoms with Crippen molar-refractivity contribution in [1.29, 1.82) is 0 Å². The largest absolute Gasteiger partial charge is 0.356 e. The van der Waals surface area contributed by atoms with Crippen molar-refractivity contribution >= 4 is 5.91 Å². The average Bonchev–Trinajstić information content (AvgIpc) is 2.88. The van der Waals surface area contributed by atoms with Crippen LogP contribution in [0.1, 0.15) is 43.2 Å². The van der Waals surface area contributed by atoms with Gasteiger partial charge in [-0.2, -0.15) is 0 Å². The monoisotopic (exact) mass is 245 g/mol. The minimum absolute atomic E-state index is 0.275. The van der Waals surface area contributed by atoms with E-state index in [-0.39, 0.29) is 5.91 Å². The number of amides is 1. The van der Waals surface area contributed by atoms with Crippen LogP contribution in [0.15, 0.2) is 24.3 Å². The van der Waals surface area contributed by atoms with Crippen molar-refractivity contribution in [1.82, 2.24) is 5.32 Å². The second kappa shape index (κ2) is 6.58. The third kappa shape index (κ3) is 3.86. The van der Waals surface area contributed by atoms with E-state index in [4.69, 9.17) is 0 Å². The molecule has 1 fully saturated rings. The van der Waals surface area contributed by atoms with Gasteiger partial charge in [0, 0.05) is 12.5 Å². The lowest BCUT2D eigenvalue weighted by atomic mass is 10.1. The highest BCUT2D eigenvalue weighted by Crippen LogP contribution is 2.24. The highest BCUT2D eigenvalue weighted by molar-refractivity contribution is 5.78. The van der Waals surface area contributed by atoms with Gasteiger partial charge in [0.1, 0.15) is 0 Å². The summed E-state index contributed by atoms with van der Waals surface area (Å²) >= 11 is 0. The van der Waals surface area contributed by atoms with Crippen LogP contribution >= 0.6 is 0 Å². The lowest BCUT2D eigenvalue weighted by molar-refractivity contribution is -0.124. The molecule has 2 rings (SSSR count). The van der Waals surface area contributed by atoms with Crippen LogP contribution in [-0.4, -0.2) is 12.5 Å². The molecule has 1 saturated carbocycles. The van der Waals surface area contributed by atoms with E-state index in [1.807, 2.05) is 0 Å². The molecule has 0 bridgehead atoms. The van der Waals surface area contributed by atoms with Gasteiger partial charge in [-0.15, -0.1) is 0 Å². The molecule has 0 spiro atoms. The van der Waals surface area contributed by atoms with Crippen LogP contribution in [0.4, 0.5) is 0 Å². The van der Waals surface area contributed by atoms with Crippen molar-refractivity contribution in [3.8, 4) is 0 Å². The molecule has 0 atom stereocenters. The van der Waals surface area contributed by atoms with Crippen molar-refractivity contribution in [2.24, 2.45) is 5.92 Å². The molecule has 2 heteroatoms. The Bertz CT molecular complexity index is 394. The zero-order valence-electron chi connectivity index (χ0n) is 11.2. The lowest BCUT2D eigenvalue weighted by Gasteiger charge is -2.10. The molecule has 0 aliphatic heterocycles. The number of nitrogens with one attached hydrogen (secondary N) is 1. The Kier molecular flexibility index (Phi) is 4.80. The molecule has 1 aromatic rings. The van der Waals surface area contributed by atoms with Gasteiger partial charge in [-0.25, -0.2) is 0 Å². The van der Waals surface area contributed by atoms with Gasteiger partial charge >= 0.3 is 0 Å². The Morgan fingerprint density at radius 2 is 2.11 bits per heavy atom. The molecule has 0 aromatic heterocycles. The van der Waals surface area contributed by atoms with E-state index in [9.17, 15) is 4.79 Å². The van der Waals surface area contributed by atoms with E-state index < -0.39 is 0 Å². The molecule has 1 aliphatic rings. The Balaban J connectivity index is 1.65. The van der Waals surface area contributed by atoms with Crippen molar-refractivity contribution in [3.05, 3.63) is 35.4 Å². The first kappa shape index (κ1) is 13.1. The summed E-state index contributed by atoms with van der Waals surface area (Å²) in [6.45, 7) is 2.93. The SMILES string of the molecule is Cc1cccc(CCCNC(=O)C2CCCC2)c1. The van der Waals surface area contributed by atoms with Gasteiger partial charge in [0.25, 0.3) is 0 Å². The number of hydrogen-bond donors (Lipinski definition) is 1. The highest BCUT2D eigenvalue weighted by Gasteiger charge is 2.21. The van der Waals surface area contributed by atoms with Gasteiger partial charge in [0.2, 0.25) is 5.91 Å². The number of aryl methyl sites for hydroxylation is 2. The van der Waals surface area contributed by atoms with Crippen LogP contribution in [-0.2, 0) is 11.2 Å². The molecule has 1 aliphatic carbocycles. The molecule has 0 radical (unpaired) electrons. The molecule has 98 valence electrons. The van der Waals surface area contributed by atoms with Gasteiger partial charge in [0.05, 0.1) is 0 Å². The number of carbonyl (C=O) groups is 1. The standard InChI is InChI=1S/C16H23NO/c1-13-6-4-7-14(12-13)8-5-11-17-16(18)15-9-2-3-10-15/h4,6-7,12,15H,2-3,5,8-11H2,1H3,(H,17,18). The van der Waals surface area contributed by atoms with Gasteiger partial charge in [-0.3, -0.25) is 4.79 Å². The predicted molar refractivity (Wildman–Crippen MR) is 74.5 cm³/mol. The minimum Gasteiger partial charge on any atom is -0.356 e. The average molecular weight is 245 g/mol. The smallest absolute Gasteiger partial charge is 0.223 e. The first-order valence-corrected chi connectivity index (χ1v) is 7.09. The van der Waals surface area contributed by atoms with Crippen molar-refractivity contribution in [2.75, 3.05) is 6.54 Å². The summed E-state index contributed by atoms with van der Waals surface area (Å²) in [5.41, 5.74) is 2.67. The fourth-order valence-electron chi connectivity index (χ4n) is 2.70. The van der Waals surface area contributed by atoms with Crippen LogP contribution in [0.25, 0.3) is 0 Å². The minimum atomic E-state index is 0.275. The second-order valence-corrected chi connectivity index (χ2v) is 5.37. The van der Waals surface area contributed by atoms with Gasteiger partial charge in [-0.05, 0) is 38.2 Å². The summed E-state index contributed by atoms with van der Waals surface area (Å²) in [6, 6.07) is 8.59. The number of carbonyl (C=O) groups excluding carboxylic acids is 1. The number of benzene rings is 1. The van der Waals surface area contributed by atoms with Crippen molar-refractivity contribution in [3.63, 3.8) is 0 Å². The number of hydrogen-bond acceptors (Lipinski definition) is 1. The van der Waals surface area contributed by atoms with Gasteiger partial charge < -0.3 is 5.32 Å². The molecule has 0 saturated heterocycles. The van der Waals surface area contributed by atoms with Crippen molar-refractivity contribution in [2.45, 2.75) is 45.4 Å². The summed E-state index contributed by atoms with van der Waals surface area (Å²) in [5, 5.41) is 3.07. The highest BCUT2D eigenvalue weighted by atomic mass is 16.1.